The second kappa shape index (κ2) is 6.76. The number of carboxylic acids is 1. The molecule has 7 heteroatoms. The van der Waals surface area contributed by atoms with Gasteiger partial charge < -0.3 is 10.4 Å². The van der Waals surface area contributed by atoms with Gasteiger partial charge in [0.15, 0.2) is 0 Å². The topological polar surface area (TPSA) is 110 Å². The maximum atomic E-state index is 12.3. The van der Waals surface area contributed by atoms with Gasteiger partial charge in [-0.1, -0.05) is 26.3 Å². The number of aliphatic carboxylic acids is 1. The van der Waals surface area contributed by atoms with Crippen LogP contribution >= 0.6 is 0 Å². The van der Waals surface area contributed by atoms with E-state index < -0.39 is 28.8 Å². The Morgan fingerprint density at radius 1 is 1.35 bits per heavy atom. The number of rotatable bonds is 5. The molecule has 1 aromatic carbocycles. The lowest BCUT2D eigenvalue weighted by atomic mass is 9.98. The minimum Gasteiger partial charge on any atom is -0.481 e. The maximum Gasteiger partial charge on any atom is 0.308 e. The van der Waals surface area contributed by atoms with Gasteiger partial charge in [0, 0.05) is 23.2 Å². The van der Waals surface area contributed by atoms with Crippen LogP contribution in [-0.4, -0.2) is 27.9 Å². The summed E-state index contributed by atoms with van der Waals surface area (Å²) >= 11 is 0. The summed E-state index contributed by atoms with van der Waals surface area (Å²) in [6.07, 6.45) is 1.88. The third-order valence-corrected chi connectivity index (χ3v) is 4.26. The summed E-state index contributed by atoms with van der Waals surface area (Å²) in [4.78, 5) is 34.1. The molecule has 0 aliphatic heterocycles. The summed E-state index contributed by atoms with van der Waals surface area (Å²) in [5, 5.41) is 23.0. The van der Waals surface area contributed by atoms with Gasteiger partial charge in [0.2, 0.25) is 0 Å². The third kappa shape index (κ3) is 3.67. The zero-order valence-corrected chi connectivity index (χ0v) is 13.1. The first kappa shape index (κ1) is 16.9. The Hall–Kier alpha value is -2.44. The van der Waals surface area contributed by atoms with Crippen molar-refractivity contribution in [2.45, 2.75) is 45.1 Å². The molecule has 0 radical (unpaired) electrons. The molecule has 2 rings (SSSR count). The predicted molar refractivity (Wildman–Crippen MR) is 83.4 cm³/mol. The van der Waals surface area contributed by atoms with Crippen molar-refractivity contribution in [3.63, 3.8) is 0 Å². The van der Waals surface area contributed by atoms with E-state index in [1.807, 2.05) is 13.8 Å². The smallest absolute Gasteiger partial charge is 0.308 e. The Kier molecular flexibility index (Phi) is 4.98. The van der Waals surface area contributed by atoms with Crippen molar-refractivity contribution < 1.29 is 19.6 Å². The number of benzene rings is 1. The highest BCUT2D eigenvalue weighted by atomic mass is 16.6. The normalized spacial score (nSPS) is 20.5. The molecule has 1 aromatic rings. The van der Waals surface area contributed by atoms with Gasteiger partial charge in [-0.2, -0.15) is 0 Å². The Morgan fingerprint density at radius 2 is 2.04 bits per heavy atom. The van der Waals surface area contributed by atoms with Gasteiger partial charge in [-0.05, 0) is 24.8 Å². The van der Waals surface area contributed by atoms with Crippen LogP contribution in [0.3, 0.4) is 0 Å². The van der Waals surface area contributed by atoms with E-state index >= 15 is 0 Å². The molecule has 1 aliphatic rings. The Bertz CT molecular complexity index is 641. The summed E-state index contributed by atoms with van der Waals surface area (Å²) in [7, 11) is 0. The van der Waals surface area contributed by atoms with Crippen LogP contribution in [0.25, 0.3) is 0 Å². The number of hydrogen-bond acceptors (Lipinski definition) is 4. The molecule has 1 fully saturated rings. The molecule has 1 amide bonds. The number of nitrogens with one attached hydrogen (secondary N) is 1. The summed E-state index contributed by atoms with van der Waals surface area (Å²) in [5.74, 6) is -2.02. The molecule has 0 spiro atoms. The van der Waals surface area contributed by atoms with E-state index in [-0.39, 0.29) is 17.2 Å². The SMILES string of the molecule is CC(C)c1ccc(C(=O)N[C@@H]2CCC[C@@H]2C(=O)O)cc1[N+](=O)[O-]. The van der Waals surface area contributed by atoms with Gasteiger partial charge in [-0.3, -0.25) is 19.7 Å². The van der Waals surface area contributed by atoms with Crippen molar-refractivity contribution >= 4 is 17.6 Å². The Balaban J connectivity index is 2.21. The van der Waals surface area contributed by atoms with Crippen LogP contribution < -0.4 is 5.32 Å². The van der Waals surface area contributed by atoms with Crippen LogP contribution in [0.1, 0.15) is 54.9 Å². The highest BCUT2D eigenvalue weighted by Crippen LogP contribution is 2.29. The lowest BCUT2D eigenvalue weighted by Gasteiger charge is -2.17. The number of nitro benzene ring substituents is 1. The maximum absolute atomic E-state index is 12.3. The fourth-order valence-electron chi connectivity index (χ4n) is 3.01. The molecule has 0 aromatic heterocycles. The van der Waals surface area contributed by atoms with Crippen LogP contribution in [0.4, 0.5) is 5.69 Å². The van der Waals surface area contributed by atoms with Crippen molar-refractivity contribution in [1.29, 1.82) is 0 Å². The molecule has 1 saturated carbocycles. The number of carbonyl (C=O) groups excluding carboxylic acids is 1. The molecule has 2 N–H and O–H groups in total. The second-order valence-electron chi connectivity index (χ2n) is 6.14. The van der Waals surface area contributed by atoms with Crippen molar-refractivity contribution in [3.8, 4) is 0 Å². The van der Waals surface area contributed by atoms with Gasteiger partial charge in [0.1, 0.15) is 0 Å². The number of amides is 1. The number of hydrogen-bond donors (Lipinski definition) is 2. The molecule has 124 valence electrons. The number of carboxylic acid groups (broad SMARTS) is 1. The molecular weight excluding hydrogens is 300 g/mol. The molecule has 0 saturated heterocycles. The van der Waals surface area contributed by atoms with E-state index in [0.29, 0.717) is 18.4 Å². The molecule has 7 nitrogen and oxygen atoms in total. The minimum absolute atomic E-state index is 0.0289. The minimum atomic E-state index is -0.922. The molecule has 0 heterocycles. The monoisotopic (exact) mass is 320 g/mol. The standard InChI is InChI=1S/C16H20N2O5/c1-9(2)11-7-6-10(8-14(11)18(22)23)15(19)17-13-5-3-4-12(13)16(20)21/h6-9,12-13H,3-5H2,1-2H3,(H,17,19)(H,20,21)/t12-,13+/m0/s1. The largest absolute Gasteiger partial charge is 0.481 e. The van der Waals surface area contributed by atoms with Crippen molar-refractivity contribution in [1.82, 2.24) is 5.32 Å². The summed E-state index contributed by atoms with van der Waals surface area (Å²) < 4.78 is 0. The zero-order valence-electron chi connectivity index (χ0n) is 13.1. The lowest BCUT2D eigenvalue weighted by molar-refractivity contribution is -0.385. The van der Waals surface area contributed by atoms with Crippen LogP contribution in [0.5, 0.6) is 0 Å². The summed E-state index contributed by atoms with van der Waals surface area (Å²) in [6.45, 7) is 3.69. The van der Waals surface area contributed by atoms with E-state index in [1.54, 1.807) is 12.1 Å². The number of nitrogens with zero attached hydrogens (tertiary/aromatic N) is 1. The van der Waals surface area contributed by atoms with Crippen LogP contribution in [0.15, 0.2) is 18.2 Å². The van der Waals surface area contributed by atoms with E-state index in [9.17, 15) is 19.7 Å². The first-order chi connectivity index (χ1) is 10.8. The average molecular weight is 320 g/mol. The van der Waals surface area contributed by atoms with E-state index in [0.717, 1.165) is 6.42 Å². The van der Waals surface area contributed by atoms with Gasteiger partial charge in [-0.25, -0.2) is 0 Å². The van der Waals surface area contributed by atoms with Gasteiger partial charge in [0.05, 0.1) is 10.8 Å². The number of carbonyl (C=O) groups is 2. The quantitative estimate of drug-likeness (QED) is 0.640. The average Bonchev–Trinajstić information content (AvgIpc) is 2.94. The van der Waals surface area contributed by atoms with E-state index in [2.05, 4.69) is 5.32 Å². The highest BCUT2D eigenvalue weighted by Gasteiger charge is 2.34. The highest BCUT2D eigenvalue weighted by molar-refractivity contribution is 5.95. The Labute approximate surface area is 133 Å². The molecule has 2 atom stereocenters. The third-order valence-electron chi connectivity index (χ3n) is 4.26. The first-order valence-electron chi connectivity index (χ1n) is 7.63. The van der Waals surface area contributed by atoms with Gasteiger partial charge in [0.25, 0.3) is 11.6 Å². The van der Waals surface area contributed by atoms with Gasteiger partial charge >= 0.3 is 5.97 Å². The molecule has 0 bridgehead atoms. The molecule has 1 aliphatic carbocycles. The van der Waals surface area contributed by atoms with Gasteiger partial charge in [-0.15, -0.1) is 0 Å². The van der Waals surface area contributed by atoms with Crippen LogP contribution in [0, 0.1) is 16.0 Å². The molecule has 23 heavy (non-hydrogen) atoms. The summed E-state index contributed by atoms with van der Waals surface area (Å²) in [5.41, 5.74) is 0.654. The lowest BCUT2D eigenvalue weighted by Crippen LogP contribution is -2.40. The zero-order chi connectivity index (χ0) is 17.1. The first-order valence-corrected chi connectivity index (χ1v) is 7.63. The van der Waals surface area contributed by atoms with Crippen LogP contribution in [0.2, 0.25) is 0 Å². The van der Waals surface area contributed by atoms with E-state index in [4.69, 9.17) is 5.11 Å². The fraction of sp³-hybridized carbons (Fsp3) is 0.500. The van der Waals surface area contributed by atoms with Crippen molar-refractivity contribution in [2.24, 2.45) is 5.92 Å². The Morgan fingerprint density at radius 3 is 2.61 bits per heavy atom. The molecular formula is C16H20N2O5. The van der Waals surface area contributed by atoms with Crippen molar-refractivity contribution in [2.75, 3.05) is 0 Å². The second-order valence-corrected chi connectivity index (χ2v) is 6.14. The van der Waals surface area contributed by atoms with Crippen LogP contribution in [-0.2, 0) is 4.79 Å². The fourth-order valence-corrected chi connectivity index (χ4v) is 3.01. The molecule has 0 unspecified atom stereocenters. The predicted octanol–water partition coefficient (Wildman–Crippen LogP) is 2.70. The number of nitro groups is 1. The van der Waals surface area contributed by atoms with Crippen molar-refractivity contribution in [3.05, 3.63) is 39.4 Å². The summed E-state index contributed by atoms with van der Waals surface area (Å²) in [6, 6.07) is 3.96. The van der Waals surface area contributed by atoms with E-state index in [1.165, 1.54) is 6.07 Å².